The molecule has 3 aliphatic rings. The summed E-state index contributed by atoms with van der Waals surface area (Å²) in [6.45, 7) is 0. The van der Waals surface area contributed by atoms with Crippen LogP contribution < -0.4 is 0 Å². The molecule has 0 spiro atoms. The monoisotopic (exact) mass is 348 g/mol. The Bertz CT molecular complexity index is 768. The topological polar surface area (TPSA) is 40.6 Å². The fraction of sp³-hybridized carbons (Fsp3) is 0.364. The van der Waals surface area contributed by atoms with Crippen LogP contribution in [-0.2, 0) is 9.59 Å². The van der Waals surface area contributed by atoms with E-state index in [9.17, 15) is 9.59 Å². The fourth-order valence-electron chi connectivity index (χ4n) is 4.87. The number of hydrogen-bond acceptors (Lipinski definition) is 2. The average molecular weight is 348 g/mol. The number of amides is 2. The van der Waals surface area contributed by atoms with Crippen molar-refractivity contribution in [1.29, 1.82) is 0 Å². The first-order valence-electron chi connectivity index (χ1n) is 9.03. The van der Waals surface area contributed by atoms with Crippen molar-refractivity contribution in [1.82, 2.24) is 9.80 Å². The molecule has 0 heterocycles. The normalized spacial score (nSPS) is 25.2. The molecule has 0 aromatic heterocycles. The van der Waals surface area contributed by atoms with E-state index in [-0.39, 0.29) is 35.5 Å². The fourth-order valence-corrected chi connectivity index (χ4v) is 4.87. The van der Waals surface area contributed by atoms with Gasteiger partial charge < -0.3 is 9.80 Å². The zero-order valence-corrected chi connectivity index (χ0v) is 15.6. The third-order valence-electron chi connectivity index (χ3n) is 5.89. The molecular formula is C22H24N2O2. The lowest BCUT2D eigenvalue weighted by Crippen LogP contribution is -2.52. The van der Waals surface area contributed by atoms with Gasteiger partial charge in [0.2, 0.25) is 11.8 Å². The van der Waals surface area contributed by atoms with E-state index >= 15 is 0 Å². The molecule has 2 aromatic rings. The summed E-state index contributed by atoms with van der Waals surface area (Å²) in [7, 11) is 7.11. The highest BCUT2D eigenvalue weighted by molar-refractivity contribution is 5.92. The molecule has 2 atom stereocenters. The van der Waals surface area contributed by atoms with Gasteiger partial charge >= 0.3 is 0 Å². The Balaban J connectivity index is 2.01. The van der Waals surface area contributed by atoms with Gasteiger partial charge in [-0.1, -0.05) is 48.5 Å². The quantitative estimate of drug-likeness (QED) is 0.837. The van der Waals surface area contributed by atoms with E-state index in [0.29, 0.717) is 0 Å². The number of fused-ring (bicyclic) bond motifs is 1. The molecule has 0 aliphatic heterocycles. The minimum Gasteiger partial charge on any atom is -0.349 e. The number of carbonyl (C=O) groups is 2. The van der Waals surface area contributed by atoms with Gasteiger partial charge in [0.25, 0.3) is 0 Å². The van der Waals surface area contributed by atoms with E-state index in [4.69, 9.17) is 0 Å². The maximum Gasteiger partial charge on any atom is 0.226 e. The highest BCUT2D eigenvalue weighted by atomic mass is 16.2. The predicted octanol–water partition coefficient (Wildman–Crippen LogP) is 2.69. The number of nitrogens with zero attached hydrogens (tertiary/aromatic N) is 2. The Morgan fingerprint density at radius 3 is 1.12 bits per heavy atom. The molecule has 0 fully saturated rings. The first-order chi connectivity index (χ1) is 12.4. The Kier molecular flexibility index (Phi) is 3.87. The lowest BCUT2D eigenvalue weighted by molar-refractivity contribution is -0.146. The second kappa shape index (κ2) is 5.97. The number of benzene rings is 2. The van der Waals surface area contributed by atoms with Gasteiger partial charge in [-0.25, -0.2) is 0 Å². The second-order valence-electron chi connectivity index (χ2n) is 7.73. The molecule has 5 rings (SSSR count). The predicted molar refractivity (Wildman–Crippen MR) is 101 cm³/mol. The summed E-state index contributed by atoms with van der Waals surface area (Å²) in [5.41, 5.74) is 4.77. The van der Waals surface area contributed by atoms with Crippen molar-refractivity contribution in [3.05, 3.63) is 70.8 Å². The molecule has 134 valence electrons. The van der Waals surface area contributed by atoms with Crippen molar-refractivity contribution in [2.75, 3.05) is 28.2 Å². The van der Waals surface area contributed by atoms with E-state index in [1.165, 1.54) is 22.3 Å². The standard InChI is InChI=1S/C22H24N2O2/c1-23(2)21(25)19-17-13-9-5-7-11-15(13)18(20(19)22(26)24(3)4)16-12-8-6-10-14(16)17/h5-12,17-20H,1-4H3/t17?,18?,19-,20+. The van der Waals surface area contributed by atoms with Gasteiger partial charge in [-0.2, -0.15) is 0 Å². The van der Waals surface area contributed by atoms with E-state index in [2.05, 4.69) is 24.3 Å². The van der Waals surface area contributed by atoms with E-state index in [1.54, 1.807) is 38.0 Å². The van der Waals surface area contributed by atoms with Crippen LogP contribution in [0.15, 0.2) is 48.5 Å². The smallest absolute Gasteiger partial charge is 0.226 e. The molecule has 0 saturated heterocycles. The van der Waals surface area contributed by atoms with Gasteiger partial charge in [0, 0.05) is 40.0 Å². The summed E-state index contributed by atoms with van der Waals surface area (Å²) >= 11 is 0. The van der Waals surface area contributed by atoms with Gasteiger partial charge in [0.15, 0.2) is 0 Å². The van der Waals surface area contributed by atoms with Crippen molar-refractivity contribution in [3.8, 4) is 0 Å². The third kappa shape index (κ3) is 2.21. The van der Waals surface area contributed by atoms with E-state index in [1.807, 2.05) is 24.3 Å². The largest absolute Gasteiger partial charge is 0.349 e. The zero-order valence-electron chi connectivity index (χ0n) is 15.6. The van der Waals surface area contributed by atoms with Crippen LogP contribution in [0.5, 0.6) is 0 Å². The van der Waals surface area contributed by atoms with Crippen LogP contribution in [0, 0.1) is 11.8 Å². The molecule has 4 heteroatoms. The lowest BCUT2D eigenvalue weighted by Gasteiger charge is -2.50. The summed E-state index contributed by atoms with van der Waals surface area (Å²) in [6.07, 6.45) is 0. The molecule has 0 radical (unpaired) electrons. The molecule has 0 unspecified atom stereocenters. The molecule has 2 aromatic carbocycles. The number of rotatable bonds is 2. The molecular weight excluding hydrogens is 324 g/mol. The maximum absolute atomic E-state index is 13.2. The minimum absolute atomic E-state index is 0.0317. The molecule has 2 bridgehead atoms. The van der Waals surface area contributed by atoms with Crippen molar-refractivity contribution in [3.63, 3.8) is 0 Å². The summed E-state index contributed by atoms with van der Waals surface area (Å²) in [4.78, 5) is 29.7. The Morgan fingerprint density at radius 2 is 0.885 bits per heavy atom. The van der Waals surface area contributed by atoms with Gasteiger partial charge in [-0.3, -0.25) is 9.59 Å². The van der Waals surface area contributed by atoms with Crippen LogP contribution in [0.2, 0.25) is 0 Å². The zero-order chi connectivity index (χ0) is 18.6. The number of carbonyl (C=O) groups excluding carboxylic acids is 2. The van der Waals surface area contributed by atoms with Gasteiger partial charge in [0.05, 0.1) is 11.8 Å². The summed E-state index contributed by atoms with van der Waals surface area (Å²) in [5.74, 6) is -0.815. The van der Waals surface area contributed by atoms with Crippen molar-refractivity contribution >= 4 is 11.8 Å². The molecule has 0 N–H and O–H groups in total. The SMILES string of the molecule is CN(C)C(=O)[C@@H]1C2c3ccccc3C(c3ccccc32)[C@@H]1C(=O)N(C)C. The number of hydrogen-bond donors (Lipinski definition) is 0. The minimum atomic E-state index is -0.366. The van der Waals surface area contributed by atoms with Crippen LogP contribution in [0.3, 0.4) is 0 Å². The van der Waals surface area contributed by atoms with E-state index in [0.717, 1.165) is 0 Å². The van der Waals surface area contributed by atoms with Crippen LogP contribution in [0.1, 0.15) is 34.1 Å². The Morgan fingerprint density at radius 1 is 0.615 bits per heavy atom. The third-order valence-corrected chi connectivity index (χ3v) is 5.89. The van der Waals surface area contributed by atoms with E-state index < -0.39 is 0 Å². The van der Waals surface area contributed by atoms with Gasteiger partial charge in [-0.15, -0.1) is 0 Å². The van der Waals surface area contributed by atoms with Crippen molar-refractivity contribution < 1.29 is 9.59 Å². The lowest BCUT2D eigenvalue weighted by atomic mass is 9.53. The molecule has 4 nitrogen and oxygen atoms in total. The molecule has 2 amide bonds. The Labute approximate surface area is 154 Å². The molecule has 26 heavy (non-hydrogen) atoms. The van der Waals surface area contributed by atoms with Crippen LogP contribution in [-0.4, -0.2) is 49.8 Å². The molecule has 0 saturated carbocycles. The summed E-state index contributed by atoms with van der Waals surface area (Å²) < 4.78 is 0. The van der Waals surface area contributed by atoms with Gasteiger partial charge in [-0.05, 0) is 22.3 Å². The highest BCUT2D eigenvalue weighted by Crippen LogP contribution is 2.58. The Hall–Kier alpha value is -2.62. The molecule has 3 aliphatic carbocycles. The van der Waals surface area contributed by atoms with Crippen LogP contribution >= 0.6 is 0 Å². The second-order valence-corrected chi connectivity index (χ2v) is 7.73. The van der Waals surface area contributed by atoms with Crippen molar-refractivity contribution in [2.45, 2.75) is 11.8 Å². The van der Waals surface area contributed by atoms with Crippen molar-refractivity contribution in [2.24, 2.45) is 11.8 Å². The summed E-state index contributed by atoms with van der Waals surface area (Å²) in [6, 6.07) is 16.6. The van der Waals surface area contributed by atoms with Gasteiger partial charge in [0.1, 0.15) is 0 Å². The first-order valence-corrected chi connectivity index (χ1v) is 9.03. The summed E-state index contributed by atoms with van der Waals surface area (Å²) in [5, 5.41) is 0. The van der Waals surface area contributed by atoms with Crippen LogP contribution in [0.4, 0.5) is 0 Å². The highest BCUT2D eigenvalue weighted by Gasteiger charge is 2.55. The maximum atomic E-state index is 13.2. The van der Waals surface area contributed by atoms with Crippen LogP contribution in [0.25, 0.3) is 0 Å². The average Bonchev–Trinajstić information content (AvgIpc) is 2.65. The first kappa shape index (κ1) is 16.8.